The summed E-state index contributed by atoms with van der Waals surface area (Å²) >= 11 is 7.08. The van der Waals surface area contributed by atoms with Crippen LogP contribution in [0.1, 0.15) is 11.3 Å². The molecule has 1 aromatic carbocycles. The molecule has 2 aromatic rings. The van der Waals surface area contributed by atoms with Crippen molar-refractivity contribution in [3.63, 3.8) is 0 Å². The molecular weight excluding hydrogens is 372 g/mol. The van der Waals surface area contributed by atoms with Gasteiger partial charge in [-0.05, 0) is 68.7 Å². The normalized spacial score (nSPS) is 10.5. The molecule has 0 aliphatic rings. The number of benzene rings is 1. The monoisotopic (exact) mass is 384 g/mol. The summed E-state index contributed by atoms with van der Waals surface area (Å²) < 4.78 is 7.68. The molecule has 0 saturated carbocycles. The average Bonchev–Trinajstić information content (AvgIpc) is 2.39. The van der Waals surface area contributed by atoms with Crippen molar-refractivity contribution >= 4 is 31.9 Å². The van der Waals surface area contributed by atoms with Gasteiger partial charge in [0.05, 0.1) is 14.6 Å². The highest BCUT2D eigenvalue weighted by Gasteiger charge is 2.09. The molecule has 1 heterocycles. The van der Waals surface area contributed by atoms with E-state index in [1.54, 1.807) is 6.20 Å². The molecule has 5 heteroatoms. The van der Waals surface area contributed by atoms with Crippen molar-refractivity contribution in [2.75, 3.05) is 7.05 Å². The first-order chi connectivity index (χ1) is 9.20. The SMILES string of the molecule is CNCc1cc(Br)c(OCc2ccccn2)c(Br)c1. The summed E-state index contributed by atoms with van der Waals surface area (Å²) in [6, 6.07) is 9.88. The van der Waals surface area contributed by atoms with Gasteiger partial charge in [-0.25, -0.2) is 0 Å². The van der Waals surface area contributed by atoms with Gasteiger partial charge in [0.1, 0.15) is 12.4 Å². The minimum atomic E-state index is 0.448. The summed E-state index contributed by atoms with van der Waals surface area (Å²) in [4.78, 5) is 4.23. The van der Waals surface area contributed by atoms with Gasteiger partial charge in [-0.1, -0.05) is 6.07 Å². The van der Waals surface area contributed by atoms with Crippen molar-refractivity contribution in [2.24, 2.45) is 0 Å². The molecule has 0 saturated heterocycles. The number of nitrogens with one attached hydrogen (secondary N) is 1. The lowest BCUT2D eigenvalue weighted by molar-refractivity contribution is 0.297. The molecule has 0 fully saturated rings. The van der Waals surface area contributed by atoms with E-state index in [2.05, 4.69) is 54.3 Å². The minimum Gasteiger partial charge on any atom is -0.485 e. The van der Waals surface area contributed by atoms with Crippen molar-refractivity contribution in [2.45, 2.75) is 13.2 Å². The van der Waals surface area contributed by atoms with E-state index in [1.807, 2.05) is 25.2 Å². The van der Waals surface area contributed by atoms with Gasteiger partial charge < -0.3 is 10.1 Å². The van der Waals surface area contributed by atoms with Crippen LogP contribution in [0.5, 0.6) is 5.75 Å². The van der Waals surface area contributed by atoms with E-state index in [4.69, 9.17) is 4.74 Å². The largest absolute Gasteiger partial charge is 0.485 e. The molecule has 19 heavy (non-hydrogen) atoms. The van der Waals surface area contributed by atoms with Gasteiger partial charge >= 0.3 is 0 Å². The predicted molar refractivity (Wildman–Crippen MR) is 83.2 cm³/mol. The Morgan fingerprint density at radius 3 is 2.53 bits per heavy atom. The third kappa shape index (κ3) is 4.03. The molecule has 0 atom stereocenters. The third-order valence-electron chi connectivity index (χ3n) is 2.53. The van der Waals surface area contributed by atoms with Crippen molar-refractivity contribution in [3.8, 4) is 5.75 Å². The zero-order chi connectivity index (χ0) is 13.7. The van der Waals surface area contributed by atoms with Crippen LogP contribution in [0, 0.1) is 0 Å². The van der Waals surface area contributed by atoms with E-state index < -0.39 is 0 Å². The van der Waals surface area contributed by atoms with Gasteiger partial charge in [-0.3, -0.25) is 4.98 Å². The van der Waals surface area contributed by atoms with Crippen LogP contribution in [0.4, 0.5) is 0 Å². The lowest BCUT2D eigenvalue weighted by Crippen LogP contribution is -2.05. The molecule has 2 rings (SSSR count). The van der Waals surface area contributed by atoms with Crippen LogP contribution >= 0.6 is 31.9 Å². The summed E-state index contributed by atoms with van der Waals surface area (Å²) in [5.74, 6) is 0.797. The van der Waals surface area contributed by atoms with Crippen LogP contribution in [0.25, 0.3) is 0 Å². The summed E-state index contributed by atoms with van der Waals surface area (Å²) in [6.45, 7) is 1.27. The Kier molecular flexibility index (Phi) is 5.36. The van der Waals surface area contributed by atoms with Crippen LogP contribution in [-0.2, 0) is 13.2 Å². The summed E-state index contributed by atoms with van der Waals surface area (Å²) in [5.41, 5.74) is 2.09. The fourth-order valence-electron chi connectivity index (χ4n) is 1.69. The number of rotatable bonds is 5. The fraction of sp³-hybridized carbons (Fsp3) is 0.214. The van der Waals surface area contributed by atoms with Crippen LogP contribution in [-0.4, -0.2) is 12.0 Å². The van der Waals surface area contributed by atoms with Crippen LogP contribution in [0.15, 0.2) is 45.5 Å². The van der Waals surface area contributed by atoms with Gasteiger partial charge in [0.2, 0.25) is 0 Å². The summed E-state index contributed by atoms with van der Waals surface area (Å²) in [7, 11) is 1.92. The van der Waals surface area contributed by atoms with E-state index in [0.717, 1.165) is 26.9 Å². The van der Waals surface area contributed by atoms with E-state index in [9.17, 15) is 0 Å². The molecule has 0 aliphatic carbocycles. The average molecular weight is 386 g/mol. The molecule has 0 bridgehead atoms. The second-order valence-corrected chi connectivity index (χ2v) is 5.74. The number of ether oxygens (including phenoxy) is 1. The molecule has 1 aromatic heterocycles. The summed E-state index contributed by atoms with van der Waals surface area (Å²) in [6.07, 6.45) is 1.76. The topological polar surface area (TPSA) is 34.1 Å². The number of pyridine rings is 1. The predicted octanol–water partition coefficient (Wildman–Crippen LogP) is 3.91. The second kappa shape index (κ2) is 7.03. The molecule has 100 valence electrons. The Bertz CT molecular complexity index is 523. The van der Waals surface area contributed by atoms with Crippen LogP contribution in [0.2, 0.25) is 0 Å². The van der Waals surface area contributed by atoms with Crippen molar-refractivity contribution < 1.29 is 4.74 Å². The number of halogens is 2. The van der Waals surface area contributed by atoms with E-state index in [1.165, 1.54) is 5.56 Å². The number of hydrogen-bond acceptors (Lipinski definition) is 3. The first-order valence-electron chi connectivity index (χ1n) is 5.86. The Labute approximate surface area is 129 Å². The molecule has 1 N–H and O–H groups in total. The quantitative estimate of drug-likeness (QED) is 0.847. The standard InChI is InChI=1S/C14H14Br2N2O/c1-17-8-10-6-12(15)14(13(16)7-10)19-9-11-4-2-3-5-18-11/h2-7,17H,8-9H2,1H3. The smallest absolute Gasteiger partial charge is 0.148 e. The van der Waals surface area contributed by atoms with E-state index >= 15 is 0 Å². The number of aromatic nitrogens is 1. The lowest BCUT2D eigenvalue weighted by atomic mass is 10.2. The molecule has 0 spiro atoms. The maximum Gasteiger partial charge on any atom is 0.148 e. The van der Waals surface area contributed by atoms with Gasteiger partial charge in [-0.2, -0.15) is 0 Å². The number of hydrogen-bond donors (Lipinski definition) is 1. The first kappa shape index (κ1) is 14.5. The first-order valence-corrected chi connectivity index (χ1v) is 7.44. The zero-order valence-corrected chi connectivity index (χ0v) is 13.7. The highest BCUT2D eigenvalue weighted by molar-refractivity contribution is 9.11. The Morgan fingerprint density at radius 1 is 1.21 bits per heavy atom. The molecule has 0 unspecified atom stereocenters. The van der Waals surface area contributed by atoms with Crippen molar-refractivity contribution in [1.29, 1.82) is 0 Å². The third-order valence-corrected chi connectivity index (χ3v) is 3.71. The zero-order valence-electron chi connectivity index (χ0n) is 10.5. The molecular formula is C14H14Br2N2O. The fourth-order valence-corrected chi connectivity index (χ4v) is 3.20. The maximum absolute atomic E-state index is 5.81. The van der Waals surface area contributed by atoms with E-state index in [0.29, 0.717) is 6.61 Å². The van der Waals surface area contributed by atoms with Crippen LogP contribution in [0.3, 0.4) is 0 Å². The highest BCUT2D eigenvalue weighted by Crippen LogP contribution is 2.35. The van der Waals surface area contributed by atoms with Crippen LogP contribution < -0.4 is 10.1 Å². The lowest BCUT2D eigenvalue weighted by Gasteiger charge is -2.12. The highest BCUT2D eigenvalue weighted by atomic mass is 79.9. The molecule has 3 nitrogen and oxygen atoms in total. The Balaban J connectivity index is 2.12. The van der Waals surface area contributed by atoms with Gasteiger partial charge in [0, 0.05) is 12.7 Å². The maximum atomic E-state index is 5.81. The van der Waals surface area contributed by atoms with Crippen molar-refractivity contribution in [1.82, 2.24) is 10.3 Å². The summed E-state index contributed by atoms with van der Waals surface area (Å²) in [5, 5.41) is 3.12. The number of nitrogens with zero attached hydrogens (tertiary/aromatic N) is 1. The molecule has 0 amide bonds. The Hall–Kier alpha value is -0.910. The van der Waals surface area contributed by atoms with Gasteiger partial charge in [-0.15, -0.1) is 0 Å². The Morgan fingerprint density at radius 2 is 1.95 bits per heavy atom. The second-order valence-electron chi connectivity index (χ2n) is 4.03. The molecule has 0 aliphatic heterocycles. The van der Waals surface area contributed by atoms with Gasteiger partial charge in [0.15, 0.2) is 0 Å². The van der Waals surface area contributed by atoms with E-state index in [-0.39, 0.29) is 0 Å². The van der Waals surface area contributed by atoms with Crippen molar-refractivity contribution in [3.05, 3.63) is 56.7 Å². The van der Waals surface area contributed by atoms with Gasteiger partial charge in [0.25, 0.3) is 0 Å². The minimum absolute atomic E-state index is 0.448. The molecule has 0 radical (unpaired) electrons.